The summed E-state index contributed by atoms with van der Waals surface area (Å²) in [7, 11) is 0. The van der Waals surface area contributed by atoms with Crippen molar-refractivity contribution in [3.63, 3.8) is 0 Å². The summed E-state index contributed by atoms with van der Waals surface area (Å²) in [6, 6.07) is -13.8. The van der Waals surface area contributed by atoms with E-state index in [1.807, 2.05) is 10.6 Å². The molecule has 33 nitrogen and oxygen atoms in total. The van der Waals surface area contributed by atoms with E-state index in [0.29, 0.717) is 6.42 Å². The monoisotopic (exact) mass is 989 g/mol. The predicted octanol–water partition coefficient (Wildman–Crippen LogP) is -9.61. The number of amides is 7. The van der Waals surface area contributed by atoms with E-state index in [0.717, 1.165) is 6.92 Å². The van der Waals surface area contributed by atoms with Crippen LogP contribution in [0.4, 0.5) is 0 Å². The fourth-order valence-corrected chi connectivity index (χ4v) is 5.58. The summed E-state index contributed by atoms with van der Waals surface area (Å²) >= 11 is 0. The highest BCUT2D eigenvalue weighted by Crippen LogP contribution is 2.07. The van der Waals surface area contributed by atoms with Gasteiger partial charge in [-0.15, -0.1) is 0 Å². The van der Waals surface area contributed by atoms with E-state index >= 15 is 0 Å². The van der Waals surface area contributed by atoms with Crippen molar-refractivity contribution >= 4 is 83.1 Å². The van der Waals surface area contributed by atoms with E-state index < -0.39 is 139 Å². The number of nitrogens with two attached hydrogens (primary N) is 7. The molecule has 0 radical (unpaired) electrons. The van der Waals surface area contributed by atoms with Gasteiger partial charge in [0, 0.05) is 19.6 Å². The van der Waals surface area contributed by atoms with Gasteiger partial charge in [0.15, 0.2) is 17.9 Å². The maximum absolute atomic E-state index is 13.7. The Kier molecular flexibility index (Phi) is 28.0. The molecule has 69 heavy (non-hydrogen) atoms. The number of guanidine groups is 3. The third-order valence-electron chi connectivity index (χ3n) is 9.05. The first-order valence-corrected chi connectivity index (χ1v) is 20.7. The van der Waals surface area contributed by atoms with Crippen LogP contribution in [0.3, 0.4) is 0 Å². The summed E-state index contributed by atoms with van der Waals surface area (Å²) < 4.78 is 0. The third-order valence-corrected chi connectivity index (χ3v) is 9.05. The lowest BCUT2D eigenvalue weighted by atomic mass is 10.1. The SMILES string of the molecule is C[C@H](NC(=O)[C@H](CCCN=C(N)N)NC(=O)[C@H](CCCN=C(N)N)NC(=O)[C@@H](N)CCCN=C(N)N)C(=O)N[C@@H](CC(=O)O)C(=O)N[C@@H](CC(=O)O)C(=O)N[C@@H](CO)C(=O)N[C@@H](CC(=O)O)C(=O)O. The molecule has 0 heterocycles. The van der Waals surface area contributed by atoms with Crippen LogP contribution in [0.2, 0.25) is 0 Å². The first-order chi connectivity index (χ1) is 32.2. The lowest BCUT2D eigenvalue weighted by molar-refractivity contribution is -0.147. The molecule has 33 heteroatoms. The number of rotatable bonds is 34. The van der Waals surface area contributed by atoms with Gasteiger partial charge in [-0.3, -0.25) is 62.9 Å². The number of carboxylic acids is 4. The molecule has 0 rings (SSSR count). The summed E-state index contributed by atoms with van der Waals surface area (Å²) in [6.45, 7) is 0.00282. The minimum atomic E-state index is -2.15. The quantitative estimate of drug-likeness (QED) is 0.0162. The lowest BCUT2D eigenvalue weighted by Gasteiger charge is -2.26. The van der Waals surface area contributed by atoms with Crippen LogP contribution in [0.5, 0.6) is 0 Å². The molecule has 0 aromatic heterocycles. The number of carbonyl (C=O) groups is 11. The molecule has 0 aromatic carbocycles. The van der Waals surface area contributed by atoms with Gasteiger partial charge in [-0.25, -0.2) is 4.79 Å². The summed E-state index contributed by atoms with van der Waals surface area (Å²) in [6.07, 6.45) is -3.19. The van der Waals surface area contributed by atoms with Crippen LogP contribution >= 0.6 is 0 Å². The number of hydrogen-bond donors (Lipinski definition) is 19. The molecule has 0 aromatic rings. The minimum absolute atomic E-state index is 0.0347. The molecule has 0 unspecified atom stereocenters. The second-order valence-corrected chi connectivity index (χ2v) is 14.9. The smallest absolute Gasteiger partial charge is 0.326 e. The van der Waals surface area contributed by atoms with Gasteiger partial charge >= 0.3 is 23.9 Å². The zero-order valence-electron chi connectivity index (χ0n) is 37.4. The Morgan fingerprint density at radius 2 is 0.725 bits per heavy atom. The van der Waals surface area contributed by atoms with Crippen LogP contribution in [-0.2, 0) is 52.7 Å². The Labute approximate surface area is 392 Å². The molecule has 8 atom stereocenters. The first kappa shape index (κ1) is 60.9. The minimum Gasteiger partial charge on any atom is -0.481 e. The van der Waals surface area contributed by atoms with Crippen molar-refractivity contribution in [3.8, 4) is 0 Å². The number of hydrogen-bond acceptors (Lipinski definition) is 16. The van der Waals surface area contributed by atoms with Gasteiger partial charge in [-0.05, 0) is 45.4 Å². The lowest BCUT2D eigenvalue weighted by Crippen LogP contribution is -2.60. The van der Waals surface area contributed by atoms with E-state index in [4.69, 9.17) is 45.2 Å². The van der Waals surface area contributed by atoms with E-state index in [1.54, 1.807) is 5.32 Å². The zero-order valence-corrected chi connectivity index (χ0v) is 37.4. The molecule has 388 valence electrons. The average Bonchev–Trinajstić information content (AvgIpc) is 3.24. The predicted molar refractivity (Wildman–Crippen MR) is 238 cm³/mol. The van der Waals surface area contributed by atoms with Gasteiger partial charge in [0.05, 0.1) is 31.9 Å². The summed E-state index contributed by atoms with van der Waals surface area (Å²) in [5.41, 5.74) is 38.2. The molecule has 26 N–H and O–H groups in total. The molecular weight excluding hydrogens is 926 g/mol. The number of aliphatic hydroxyl groups excluding tert-OH is 1. The van der Waals surface area contributed by atoms with Gasteiger partial charge in [0.25, 0.3) is 0 Å². The number of aliphatic carboxylic acids is 4. The molecule has 0 bridgehead atoms. The highest BCUT2D eigenvalue weighted by Gasteiger charge is 2.35. The molecular formula is C36H63N17O16. The van der Waals surface area contributed by atoms with Crippen LogP contribution < -0.4 is 77.4 Å². The zero-order chi connectivity index (χ0) is 53.0. The Bertz CT molecular complexity index is 1920. The number of carbonyl (C=O) groups excluding carboxylic acids is 7. The molecule has 7 amide bonds. The normalized spacial score (nSPS) is 14.1. The number of nitrogens with one attached hydrogen (secondary N) is 7. The first-order valence-electron chi connectivity index (χ1n) is 20.7. The Morgan fingerprint density at radius 3 is 1.12 bits per heavy atom. The van der Waals surface area contributed by atoms with Crippen molar-refractivity contribution in [2.24, 2.45) is 55.1 Å². The number of carboxylic acid groups (broad SMARTS) is 4. The van der Waals surface area contributed by atoms with Gasteiger partial charge in [0.1, 0.15) is 42.3 Å². The Balaban J connectivity index is 6.36. The topological polar surface area (TPSA) is 592 Å². The fraction of sp³-hybridized carbons (Fsp3) is 0.611. The second kappa shape index (κ2) is 31.8. The van der Waals surface area contributed by atoms with Crippen LogP contribution in [0, 0.1) is 0 Å². The largest absolute Gasteiger partial charge is 0.481 e. The van der Waals surface area contributed by atoms with E-state index in [1.165, 1.54) is 0 Å². The summed E-state index contributed by atoms with van der Waals surface area (Å²) in [5, 5.41) is 61.6. The maximum Gasteiger partial charge on any atom is 0.326 e. The van der Waals surface area contributed by atoms with Crippen LogP contribution in [0.15, 0.2) is 15.0 Å². The Morgan fingerprint density at radius 1 is 0.420 bits per heavy atom. The standard InChI is InChI=1S/C36H63N17O16/c1-15(26(61)50-19(11-23(55)56)30(65)51-20(12-24(57)58)31(66)53-22(14-54)32(67)52-21(33(68)69)13-25(59)60)47-28(63)17(6-3-9-45-35(40)41)49-29(64)18(7-4-10-46-36(42)43)48-27(62)16(37)5-2-8-44-34(38)39/h15-22,54H,2-14,37H2,1H3,(H,47,63)(H,48,62)(H,49,64)(H,50,61)(H,51,65)(H,52,67)(H,53,66)(H,55,56)(H,57,58)(H,59,60)(H,68,69)(H4,38,39,44)(H4,40,41,45)(H4,42,43,46)/t15-,16-,17-,18-,19-,20-,21-,22-/m0/s1. The van der Waals surface area contributed by atoms with Crippen molar-refractivity contribution in [1.82, 2.24) is 37.2 Å². The van der Waals surface area contributed by atoms with Crippen molar-refractivity contribution in [2.75, 3.05) is 26.2 Å². The highest BCUT2D eigenvalue weighted by molar-refractivity contribution is 5.99. The third kappa shape index (κ3) is 26.6. The number of aliphatic hydroxyl groups is 1. The Hall–Kier alpha value is -8.10. The number of nitrogens with zero attached hydrogens (tertiary/aromatic N) is 3. The highest BCUT2D eigenvalue weighted by atomic mass is 16.4. The van der Waals surface area contributed by atoms with E-state index in [2.05, 4.69) is 36.2 Å². The van der Waals surface area contributed by atoms with Gasteiger partial charge in [-0.1, -0.05) is 0 Å². The fourth-order valence-electron chi connectivity index (χ4n) is 5.58. The van der Waals surface area contributed by atoms with Gasteiger partial charge in [0.2, 0.25) is 41.4 Å². The summed E-state index contributed by atoms with van der Waals surface area (Å²) in [5.74, 6) is -15.9. The van der Waals surface area contributed by atoms with Crippen LogP contribution in [0.1, 0.15) is 64.7 Å². The van der Waals surface area contributed by atoms with E-state index in [9.17, 15) is 73.2 Å². The summed E-state index contributed by atoms with van der Waals surface area (Å²) in [4.78, 5) is 150. The van der Waals surface area contributed by atoms with E-state index in [-0.39, 0.29) is 69.6 Å². The molecule has 0 aliphatic carbocycles. The molecule has 0 aliphatic rings. The molecule has 0 aliphatic heterocycles. The molecule has 0 fully saturated rings. The van der Waals surface area contributed by atoms with Crippen molar-refractivity contribution in [1.29, 1.82) is 0 Å². The average molecular weight is 990 g/mol. The molecule has 0 saturated heterocycles. The van der Waals surface area contributed by atoms with Crippen molar-refractivity contribution in [3.05, 3.63) is 0 Å². The van der Waals surface area contributed by atoms with Crippen LogP contribution in [0.25, 0.3) is 0 Å². The second-order valence-electron chi connectivity index (χ2n) is 14.9. The van der Waals surface area contributed by atoms with Gasteiger partial charge < -0.3 is 103 Å². The number of aliphatic imine (C=N–C) groups is 3. The van der Waals surface area contributed by atoms with Crippen molar-refractivity contribution < 1.29 is 78.3 Å². The molecule has 0 saturated carbocycles. The molecule has 0 spiro atoms. The maximum atomic E-state index is 13.7. The van der Waals surface area contributed by atoms with Crippen molar-refractivity contribution in [2.45, 2.75) is 113 Å². The van der Waals surface area contributed by atoms with Gasteiger partial charge in [-0.2, -0.15) is 0 Å². The van der Waals surface area contributed by atoms with Crippen LogP contribution in [-0.4, -0.2) is 183 Å².